The molecule has 1 aromatic heterocycles. The average molecular weight is 354 g/mol. The fourth-order valence-electron chi connectivity index (χ4n) is 3.62. The van der Waals surface area contributed by atoms with Crippen LogP contribution in [-0.4, -0.2) is 10.4 Å². The van der Waals surface area contributed by atoms with Crippen molar-refractivity contribution in [2.24, 2.45) is 0 Å². The summed E-state index contributed by atoms with van der Waals surface area (Å²) in [5, 5.41) is 8.94. The van der Waals surface area contributed by atoms with Gasteiger partial charge in [-0.3, -0.25) is 0 Å². The molecule has 2 atom stereocenters. The zero-order chi connectivity index (χ0) is 18.2. The molecule has 1 fully saturated rings. The molecule has 0 N–H and O–H groups in total. The molecule has 2 heterocycles. The number of nitrogens with zero attached hydrogens (tertiary/aromatic N) is 2. The second-order valence-corrected chi connectivity index (χ2v) is 6.37. The number of nitriles is 1. The smallest absolute Gasteiger partial charge is 0.326 e. The molecular weight excluding hydrogens is 343 g/mol. The number of epoxide rings is 1. The van der Waals surface area contributed by atoms with Gasteiger partial charge in [-0.1, -0.05) is 0 Å². The first-order valence-electron chi connectivity index (χ1n) is 7.52. The fourth-order valence-corrected chi connectivity index (χ4v) is 3.62. The van der Waals surface area contributed by atoms with Gasteiger partial charge in [0.1, 0.15) is 11.9 Å². The van der Waals surface area contributed by atoms with Crippen molar-refractivity contribution in [1.29, 1.82) is 5.26 Å². The number of hydrogen-bond acceptors (Lipinski definition) is 2. The monoisotopic (exact) mass is 354 g/mol. The maximum atomic E-state index is 14.5. The summed E-state index contributed by atoms with van der Waals surface area (Å²) in [7, 11) is 0. The summed E-state index contributed by atoms with van der Waals surface area (Å²) in [5.74, 6) is -2.85. The van der Waals surface area contributed by atoms with Crippen LogP contribution in [0.1, 0.15) is 35.7 Å². The van der Waals surface area contributed by atoms with Crippen LogP contribution in [0.4, 0.5) is 22.0 Å². The van der Waals surface area contributed by atoms with Crippen LogP contribution in [-0.2, 0) is 22.9 Å². The van der Waals surface area contributed by atoms with Gasteiger partial charge in [0.2, 0.25) is 5.85 Å². The number of hydrogen-bond donors (Lipinski definition) is 0. The van der Waals surface area contributed by atoms with Gasteiger partial charge in [-0.25, -0.2) is 8.78 Å². The van der Waals surface area contributed by atoms with E-state index in [4.69, 9.17) is 10.00 Å². The third-order valence-corrected chi connectivity index (χ3v) is 4.96. The standard InChI is InChI=1S/C17H11F5N2O/c1-15-14-11(17(20,21)22)8-24(13(14)4-5-16(15,19)25-15)10-2-3-12(18)9(6-10)7-23/h2-3,6,8H,4-5H2,1H3. The van der Waals surface area contributed by atoms with Crippen molar-refractivity contribution >= 4 is 0 Å². The van der Waals surface area contributed by atoms with E-state index in [9.17, 15) is 22.0 Å². The molecule has 0 bridgehead atoms. The Hall–Kier alpha value is -2.40. The van der Waals surface area contributed by atoms with Crippen LogP contribution in [0.5, 0.6) is 0 Å². The first kappa shape index (κ1) is 16.1. The summed E-state index contributed by atoms with van der Waals surface area (Å²) < 4.78 is 74.8. The summed E-state index contributed by atoms with van der Waals surface area (Å²) in [6.45, 7) is 1.30. The highest BCUT2D eigenvalue weighted by molar-refractivity contribution is 5.52. The number of fused-ring (bicyclic) bond motifs is 3. The SMILES string of the molecule is CC12OC1(F)CCc1c2c(C(F)(F)F)cn1-c1ccc(F)c(C#N)c1. The van der Waals surface area contributed by atoms with Gasteiger partial charge in [0.15, 0.2) is 5.60 Å². The molecule has 1 aliphatic carbocycles. The lowest BCUT2D eigenvalue weighted by Crippen LogP contribution is -2.26. The molecule has 0 saturated carbocycles. The number of ether oxygens (including phenoxy) is 1. The number of rotatable bonds is 1. The van der Waals surface area contributed by atoms with Crippen molar-refractivity contribution in [3.63, 3.8) is 0 Å². The molecule has 130 valence electrons. The van der Waals surface area contributed by atoms with Gasteiger partial charge in [-0.2, -0.15) is 18.4 Å². The molecular formula is C17H11F5N2O. The molecule has 1 aromatic carbocycles. The molecule has 3 nitrogen and oxygen atoms in total. The molecule has 25 heavy (non-hydrogen) atoms. The predicted molar refractivity (Wildman–Crippen MR) is 76.0 cm³/mol. The van der Waals surface area contributed by atoms with E-state index >= 15 is 0 Å². The Balaban J connectivity index is 1.97. The zero-order valence-electron chi connectivity index (χ0n) is 12.9. The Bertz CT molecular complexity index is 942. The van der Waals surface area contributed by atoms with Gasteiger partial charge in [-0.05, 0) is 31.5 Å². The average Bonchev–Trinajstić information content (AvgIpc) is 2.91. The molecule has 4 rings (SSSR count). The fraction of sp³-hybridized carbons (Fsp3) is 0.353. The van der Waals surface area contributed by atoms with Crippen LogP contribution in [0.15, 0.2) is 24.4 Å². The van der Waals surface area contributed by atoms with Crippen molar-refractivity contribution < 1.29 is 26.7 Å². The van der Waals surface area contributed by atoms with E-state index < -0.39 is 29.0 Å². The number of benzene rings is 1. The third-order valence-electron chi connectivity index (χ3n) is 4.96. The Labute approximate surface area is 139 Å². The Morgan fingerprint density at radius 3 is 2.68 bits per heavy atom. The van der Waals surface area contributed by atoms with Gasteiger partial charge >= 0.3 is 6.18 Å². The predicted octanol–water partition coefficient (Wildman–Crippen LogP) is 4.36. The van der Waals surface area contributed by atoms with Gasteiger partial charge in [0.25, 0.3) is 0 Å². The van der Waals surface area contributed by atoms with Crippen molar-refractivity contribution in [2.45, 2.75) is 37.4 Å². The molecule has 1 aliphatic heterocycles. The highest BCUT2D eigenvalue weighted by atomic mass is 19.4. The van der Waals surface area contributed by atoms with Gasteiger partial charge in [-0.15, -0.1) is 0 Å². The number of halogens is 5. The topological polar surface area (TPSA) is 41.2 Å². The van der Waals surface area contributed by atoms with Crippen LogP contribution >= 0.6 is 0 Å². The minimum absolute atomic E-state index is 0.0385. The van der Waals surface area contributed by atoms with E-state index in [1.54, 1.807) is 6.07 Å². The van der Waals surface area contributed by atoms with E-state index in [1.807, 2.05) is 0 Å². The van der Waals surface area contributed by atoms with E-state index in [0.29, 0.717) is 0 Å². The molecule has 2 aliphatic rings. The van der Waals surface area contributed by atoms with Crippen molar-refractivity contribution in [3.8, 4) is 11.8 Å². The third kappa shape index (κ3) is 2.05. The van der Waals surface area contributed by atoms with Crippen molar-refractivity contribution in [1.82, 2.24) is 4.57 Å². The van der Waals surface area contributed by atoms with Crippen LogP contribution in [0.2, 0.25) is 0 Å². The number of alkyl halides is 4. The van der Waals surface area contributed by atoms with Gasteiger partial charge in [0.05, 0.1) is 11.1 Å². The summed E-state index contributed by atoms with van der Waals surface area (Å²) in [6, 6.07) is 5.13. The molecule has 2 unspecified atom stereocenters. The highest BCUT2D eigenvalue weighted by Crippen LogP contribution is 2.64. The summed E-state index contributed by atoms with van der Waals surface area (Å²) in [6.07, 6.45) is -3.86. The lowest BCUT2D eigenvalue weighted by atomic mass is 9.84. The zero-order valence-corrected chi connectivity index (χ0v) is 12.9. The molecule has 2 aromatic rings. The van der Waals surface area contributed by atoms with Crippen molar-refractivity contribution in [3.05, 3.63) is 52.6 Å². The van der Waals surface area contributed by atoms with Gasteiger partial charge < -0.3 is 9.30 Å². The number of aromatic nitrogens is 1. The van der Waals surface area contributed by atoms with Crippen molar-refractivity contribution in [2.75, 3.05) is 0 Å². The van der Waals surface area contributed by atoms with Crippen LogP contribution in [0.25, 0.3) is 5.69 Å². The molecule has 0 amide bonds. The van der Waals surface area contributed by atoms with E-state index in [0.717, 1.165) is 12.3 Å². The quantitative estimate of drug-likeness (QED) is 0.564. The molecule has 1 saturated heterocycles. The Morgan fingerprint density at radius 1 is 1.32 bits per heavy atom. The summed E-state index contributed by atoms with van der Waals surface area (Å²) in [4.78, 5) is 0. The molecule has 8 heteroatoms. The Kier molecular flexibility index (Phi) is 2.97. The highest BCUT2D eigenvalue weighted by Gasteiger charge is 2.73. The Morgan fingerprint density at radius 2 is 2.04 bits per heavy atom. The lowest BCUT2D eigenvalue weighted by Gasteiger charge is -2.21. The lowest BCUT2D eigenvalue weighted by molar-refractivity contribution is -0.138. The second kappa shape index (κ2) is 4.61. The van der Waals surface area contributed by atoms with E-state index in [-0.39, 0.29) is 35.3 Å². The largest absolute Gasteiger partial charge is 0.418 e. The first-order valence-corrected chi connectivity index (χ1v) is 7.52. The summed E-state index contributed by atoms with van der Waals surface area (Å²) in [5.41, 5.74) is -2.66. The van der Waals surface area contributed by atoms with Crippen LogP contribution in [0.3, 0.4) is 0 Å². The maximum Gasteiger partial charge on any atom is 0.418 e. The minimum atomic E-state index is -4.69. The first-order chi connectivity index (χ1) is 11.6. The van der Waals surface area contributed by atoms with E-state index in [1.165, 1.54) is 23.6 Å². The molecule has 0 spiro atoms. The molecule has 0 radical (unpaired) electrons. The minimum Gasteiger partial charge on any atom is -0.326 e. The normalized spacial score (nSPS) is 27.4. The summed E-state index contributed by atoms with van der Waals surface area (Å²) >= 11 is 0. The van der Waals surface area contributed by atoms with Crippen LogP contribution in [0, 0.1) is 17.1 Å². The van der Waals surface area contributed by atoms with E-state index in [2.05, 4.69) is 0 Å². The van der Waals surface area contributed by atoms with Gasteiger partial charge in [0, 0.05) is 29.6 Å². The maximum absolute atomic E-state index is 14.5. The van der Waals surface area contributed by atoms with Crippen LogP contribution < -0.4 is 0 Å². The second-order valence-electron chi connectivity index (χ2n) is 6.37.